The van der Waals surface area contributed by atoms with E-state index in [4.69, 9.17) is 0 Å². The number of nitrogens with zero attached hydrogens (tertiary/aromatic N) is 2. The lowest BCUT2D eigenvalue weighted by atomic mass is 10.1. The molecule has 0 unspecified atom stereocenters. The van der Waals surface area contributed by atoms with E-state index in [1.807, 2.05) is 0 Å². The minimum atomic E-state index is -0.403. The van der Waals surface area contributed by atoms with Gasteiger partial charge in [0.05, 0.1) is 23.7 Å². The third-order valence-corrected chi connectivity index (χ3v) is 5.39. The second-order valence-corrected chi connectivity index (χ2v) is 7.26. The number of pyridine rings is 1. The highest BCUT2D eigenvalue weighted by atomic mass is 19.1. The molecule has 140 valence electrons. The van der Waals surface area contributed by atoms with Crippen LogP contribution in [-0.4, -0.2) is 27.7 Å². The van der Waals surface area contributed by atoms with Crippen LogP contribution in [0, 0.1) is 5.82 Å². The van der Waals surface area contributed by atoms with Crippen molar-refractivity contribution in [1.82, 2.24) is 15.2 Å². The molecule has 6 heteroatoms. The van der Waals surface area contributed by atoms with Gasteiger partial charge in [-0.15, -0.1) is 0 Å². The van der Waals surface area contributed by atoms with Crippen molar-refractivity contribution in [2.45, 2.75) is 50.7 Å². The number of nitrogens with one attached hydrogen (secondary N) is 1. The number of amides is 2. The van der Waals surface area contributed by atoms with Crippen LogP contribution in [0.4, 0.5) is 4.39 Å². The summed E-state index contributed by atoms with van der Waals surface area (Å²) in [6, 6.07) is 9.39. The van der Waals surface area contributed by atoms with Gasteiger partial charge in [0.15, 0.2) is 0 Å². The smallest absolute Gasteiger partial charge is 0.256 e. The molecule has 0 spiro atoms. The molecule has 0 saturated heterocycles. The van der Waals surface area contributed by atoms with Crippen molar-refractivity contribution in [2.75, 3.05) is 0 Å². The van der Waals surface area contributed by atoms with Gasteiger partial charge in [-0.25, -0.2) is 4.39 Å². The minimum absolute atomic E-state index is 0.0534. The van der Waals surface area contributed by atoms with Crippen molar-refractivity contribution in [3.05, 3.63) is 65.2 Å². The van der Waals surface area contributed by atoms with E-state index in [2.05, 4.69) is 10.3 Å². The molecule has 4 rings (SSSR count). The van der Waals surface area contributed by atoms with E-state index < -0.39 is 6.04 Å². The Kier molecular flexibility index (Phi) is 4.88. The number of carbonyl (C=O) groups excluding carboxylic acids is 2. The summed E-state index contributed by atoms with van der Waals surface area (Å²) in [5.41, 5.74) is 2.00. The van der Waals surface area contributed by atoms with Crippen LogP contribution in [-0.2, 0) is 11.3 Å². The number of aromatic nitrogens is 1. The summed E-state index contributed by atoms with van der Waals surface area (Å²) in [4.78, 5) is 31.5. The van der Waals surface area contributed by atoms with Crippen LogP contribution in [0.15, 0.2) is 42.6 Å². The summed E-state index contributed by atoms with van der Waals surface area (Å²) in [5.74, 6) is -0.507. The fourth-order valence-electron chi connectivity index (χ4n) is 4.02. The highest BCUT2D eigenvalue weighted by Crippen LogP contribution is 2.35. The number of hydrogen-bond acceptors (Lipinski definition) is 3. The van der Waals surface area contributed by atoms with Gasteiger partial charge in [0, 0.05) is 18.8 Å². The Morgan fingerprint density at radius 1 is 1.19 bits per heavy atom. The Balaban J connectivity index is 1.55. The second-order valence-electron chi connectivity index (χ2n) is 7.26. The molecule has 0 bridgehead atoms. The molecular formula is C21H22FN3O2. The van der Waals surface area contributed by atoms with Crippen molar-refractivity contribution in [3.8, 4) is 0 Å². The number of halogens is 1. The number of rotatable bonds is 5. The molecule has 1 aliphatic heterocycles. The number of benzene rings is 1. The molecule has 1 saturated carbocycles. The Hall–Kier alpha value is -2.76. The lowest BCUT2D eigenvalue weighted by molar-refractivity contribution is -0.122. The van der Waals surface area contributed by atoms with Gasteiger partial charge in [0.2, 0.25) is 5.91 Å². The summed E-state index contributed by atoms with van der Waals surface area (Å²) in [6.07, 6.45) is 6.16. The van der Waals surface area contributed by atoms with Gasteiger partial charge >= 0.3 is 0 Å². The second kappa shape index (κ2) is 7.47. The van der Waals surface area contributed by atoms with Crippen molar-refractivity contribution in [3.63, 3.8) is 0 Å². The predicted octanol–water partition coefficient (Wildman–Crippen LogP) is 3.37. The maximum absolute atomic E-state index is 13.2. The predicted molar refractivity (Wildman–Crippen MR) is 98.3 cm³/mol. The molecule has 2 amide bonds. The summed E-state index contributed by atoms with van der Waals surface area (Å²) in [6.45, 7) is 0.316. The third-order valence-electron chi connectivity index (χ3n) is 5.39. The van der Waals surface area contributed by atoms with Crippen LogP contribution >= 0.6 is 0 Å². The standard InChI is InChI=1S/C21H22FN3O2/c22-15-9-7-14(8-10-15)13-25-18(12-19(26)24-16-4-1-2-5-16)20-17(21(25)27)6-3-11-23-20/h3,6-11,16,18H,1-2,4-5,12-13H2,(H,24,26)/t18-/m0/s1. The topological polar surface area (TPSA) is 62.3 Å². The van der Waals surface area contributed by atoms with E-state index >= 15 is 0 Å². The molecule has 1 atom stereocenters. The third kappa shape index (κ3) is 3.70. The highest BCUT2D eigenvalue weighted by molar-refractivity contribution is 5.99. The van der Waals surface area contributed by atoms with Crippen LogP contribution in [0.5, 0.6) is 0 Å². The first-order chi connectivity index (χ1) is 13.1. The van der Waals surface area contributed by atoms with Crippen molar-refractivity contribution in [2.24, 2.45) is 0 Å². The fraction of sp³-hybridized carbons (Fsp3) is 0.381. The Morgan fingerprint density at radius 2 is 1.93 bits per heavy atom. The van der Waals surface area contributed by atoms with Crippen LogP contribution in [0.2, 0.25) is 0 Å². The normalized spacial score (nSPS) is 19.4. The zero-order valence-electron chi connectivity index (χ0n) is 15.0. The SMILES string of the molecule is O=C(C[C@H]1c2ncccc2C(=O)N1Cc1ccc(F)cc1)NC1CCCC1. The summed E-state index contributed by atoms with van der Waals surface area (Å²) in [7, 11) is 0. The monoisotopic (exact) mass is 367 g/mol. The summed E-state index contributed by atoms with van der Waals surface area (Å²) < 4.78 is 13.2. The molecule has 2 heterocycles. The van der Waals surface area contributed by atoms with Gasteiger partial charge in [-0.2, -0.15) is 0 Å². The van der Waals surface area contributed by atoms with Gasteiger partial charge in [-0.3, -0.25) is 14.6 Å². The van der Waals surface area contributed by atoms with E-state index in [9.17, 15) is 14.0 Å². The number of carbonyl (C=O) groups is 2. The average molecular weight is 367 g/mol. The molecule has 27 heavy (non-hydrogen) atoms. The van der Waals surface area contributed by atoms with Gasteiger partial charge in [0.25, 0.3) is 5.91 Å². The zero-order valence-corrected chi connectivity index (χ0v) is 15.0. The first kappa shape index (κ1) is 17.6. The van der Waals surface area contributed by atoms with Gasteiger partial charge < -0.3 is 10.2 Å². The molecule has 1 aromatic carbocycles. The quantitative estimate of drug-likeness (QED) is 0.881. The summed E-state index contributed by atoms with van der Waals surface area (Å²) >= 11 is 0. The number of hydrogen-bond donors (Lipinski definition) is 1. The Morgan fingerprint density at radius 3 is 2.67 bits per heavy atom. The van der Waals surface area contributed by atoms with E-state index in [0.717, 1.165) is 31.2 Å². The Bertz CT molecular complexity index is 847. The molecule has 5 nitrogen and oxygen atoms in total. The Labute approximate surface area is 157 Å². The first-order valence-electron chi connectivity index (χ1n) is 9.41. The fourth-order valence-corrected chi connectivity index (χ4v) is 4.02. The van der Waals surface area contributed by atoms with Crippen molar-refractivity contribution >= 4 is 11.8 Å². The molecule has 1 N–H and O–H groups in total. The first-order valence-corrected chi connectivity index (χ1v) is 9.41. The summed E-state index contributed by atoms with van der Waals surface area (Å²) in [5, 5.41) is 3.09. The molecule has 1 aromatic heterocycles. The van der Waals surface area contributed by atoms with Crippen LogP contribution < -0.4 is 5.32 Å². The van der Waals surface area contributed by atoms with E-state index in [1.54, 1.807) is 35.4 Å². The van der Waals surface area contributed by atoms with Crippen molar-refractivity contribution < 1.29 is 14.0 Å². The average Bonchev–Trinajstić information content (AvgIpc) is 3.26. The van der Waals surface area contributed by atoms with E-state index in [1.165, 1.54) is 12.1 Å². The van der Waals surface area contributed by atoms with Crippen molar-refractivity contribution in [1.29, 1.82) is 0 Å². The van der Waals surface area contributed by atoms with Crippen LogP contribution in [0.1, 0.15) is 59.8 Å². The zero-order chi connectivity index (χ0) is 18.8. The maximum Gasteiger partial charge on any atom is 0.256 e. The number of fused-ring (bicyclic) bond motifs is 1. The lowest BCUT2D eigenvalue weighted by Gasteiger charge is -2.25. The van der Waals surface area contributed by atoms with Crippen LogP contribution in [0.3, 0.4) is 0 Å². The molecule has 0 radical (unpaired) electrons. The lowest BCUT2D eigenvalue weighted by Crippen LogP contribution is -2.36. The molecule has 2 aliphatic rings. The van der Waals surface area contributed by atoms with E-state index in [0.29, 0.717) is 17.8 Å². The molecule has 1 fully saturated rings. The molecular weight excluding hydrogens is 345 g/mol. The largest absolute Gasteiger partial charge is 0.353 e. The maximum atomic E-state index is 13.2. The van der Waals surface area contributed by atoms with Crippen LogP contribution in [0.25, 0.3) is 0 Å². The van der Waals surface area contributed by atoms with Gasteiger partial charge in [-0.1, -0.05) is 25.0 Å². The van der Waals surface area contributed by atoms with Gasteiger partial charge in [-0.05, 0) is 42.7 Å². The van der Waals surface area contributed by atoms with Gasteiger partial charge in [0.1, 0.15) is 5.82 Å². The van der Waals surface area contributed by atoms with E-state index in [-0.39, 0.29) is 30.1 Å². The minimum Gasteiger partial charge on any atom is -0.353 e. The molecule has 2 aromatic rings. The molecule has 1 aliphatic carbocycles. The highest BCUT2D eigenvalue weighted by Gasteiger charge is 2.39.